The van der Waals surface area contributed by atoms with Crippen LogP contribution < -0.4 is 11.1 Å². The molecule has 2 heterocycles. The molecule has 0 bridgehead atoms. The van der Waals surface area contributed by atoms with Crippen LogP contribution in [0.25, 0.3) is 22.4 Å². The van der Waals surface area contributed by atoms with Crippen molar-refractivity contribution < 1.29 is 9.90 Å². The lowest BCUT2D eigenvalue weighted by atomic mass is 9.97. The maximum atomic E-state index is 11.8. The summed E-state index contributed by atoms with van der Waals surface area (Å²) in [6.45, 7) is -0.164. The molecule has 4 aromatic rings. The number of benzene rings is 2. The minimum atomic E-state index is -0.501. The lowest BCUT2D eigenvalue weighted by Crippen LogP contribution is -2.12. The highest BCUT2D eigenvalue weighted by atomic mass is 16.3. The van der Waals surface area contributed by atoms with Gasteiger partial charge in [0.05, 0.1) is 12.3 Å². The van der Waals surface area contributed by atoms with Crippen molar-refractivity contribution in [1.29, 1.82) is 0 Å². The fourth-order valence-electron chi connectivity index (χ4n) is 3.16. The molecule has 0 unspecified atom stereocenters. The zero-order valence-corrected chi connectivity index (χ0v) is 16.0. The van der Waals surface area contributed by atoms with Crippen molar-refractivity contribution in [3.8, 4) is 22.4 Å². The summed E-state index contributed by atoms with van der Waals surface area (Å²) in [5.41, 5.74) is 10.3. The average Bonchev–Trinajstić information content (AvgIpc) is 2.80. The molecule has 7 heteroatoms. The van der Waals surface area contributed by atoms with Crippen molar-refractivity contribution in [2.45, 2.75) is 6.61 Å². The molecule has 0 aliphatic heterocycles. The predicted octanol–water partition coefficient (Wildman–Crippen LogP) is 3.54. The third kappa shape index (κ3) is 4.01. The van der Waals surface area contributed by atoms with Gasteiger partial charge < -0.3 is 16.2 Å². The van der Waals surface area contributed by atoms with Gasteiger partial charge in [0.25, 0.3) is 0 Å². The Morgan fingerprint density at radius 2 is 1.87 bits per heavy atom. The van der Waals surface area contributed by atoms with Crippen molar-refractivity contribution in [1.82, 2.24) is 15.0 Å². The van der Waals surface area contributed by atoms with Gasteiger partial charge in [-0.05, 0) is 41.5 Å². The first-order valence-corrected chi connectivity index (χ1v) is 9.29. The van der Waals surface area contributed by atoms with Crippen molar-refractivity contribution in [2.75, 3.05) is 5.32 Å². The molecule has 4 N–H and O–H groups in total. The summed E-state index contributed by atoms with van der Waals surface area (Å²) in [6, 6.07) is 18.2. The number of hydrogen-bond donors (Lipinski definition) is 3. The summed E-state index contributed by atoms with van der Waals surface area (Å²) in [5.74, 6) is -0.120. The Morgan fingerprint density at radius 3 is 2.63 bits per heavy atom. The summed E-state index contributed by atoms with van der Waals surface area (Å²) in [5, 5.41) is 12.9. The molecule has 2 aromatic carbocycles. The van der Waals surface area contributed by atoms with Gasteiger partial charge in [-0.25, -0.2) is 9.97 Å². The number of nitrogens with two attached hydrogens (primary N) is 1. The Morgan fingerprint density at radius 1 is 1.00 bits per heavy atom. The van der Waals surface area contributed by atoms with Gasteiger partial charge in [-0.1, -0.05) is 30.3 Å². The van der Waals surface area contributed by atoms with Crippen LogP contribution >= 0.6 is 0 Å². The summed E-state index contributed by atoms with van der Waals surface area (Å²) < 4.78 is 0. The summed E-state index contributed by atoms with van der Waals surface area (Å²) in [6.07, 6.45) is 5.09. The van der Waals surface area contributed by atoms with E-state index in [1.165, 1.54) is 0 Å². The standard InChI is InChI=1S/C23H19N5O2/c24-22(30)19-6-2-1-5-18(19)15-7-8-17(14-29)21(12-15)28-23-26-11-9-20(27-23)16-4-3-10-25-13-16/h1-13,29H,14H2,(H2,24,30)(H,26,27,28). The summed E-state index contributed by atoms with van der Waals surface area (Å²) in [4.78, 5) is 24.8. The first kappa shape index (κ1) is 19.2. The van der Waals surface area contributed by atoms with E-state index in [4.69, 9.17) is 5.73 Å². The first-order valence-electron chi connectivity index (χ1n) is 9.29. The number of aromatic nitrogens is 3. The molecule has 0 saturated heterocycles. The number of aliphatic hydroxyl groups is 1. The number of aliphatic hydroxyl groups excluding tert-OH is 1. The molecule has 0 atom stereocenters. The van der Waals surface area contributed by atoms with E-state index >= 15 is 0 Å². The zero-order valence-electron chi connectivity index (χ0n) is 16.0. The number of pyridine rings is 1. The number of rotatable bonds is 6. The highest BCUT2D eigenvalue weighted by molar-refractivity contribution is 6.00. The molecular formula is C23H19N5O2. The molecular weight excluding hydrogens is 378 g/mol. The molecule has 0 radical (unpaired) electrons. The molecule has 7 nitrogen and oxygen atoms in total. The maximum absolute atomic E-state index is 11.8. The summed E-state index contributed by atoms with van der Waals surface area (Å²) >= 11 is 0. The molecule has 148 valence electrons. The highest BCUT2D eigenvalue weighted by Gasteiger charge is 2.12. The third-order valence-corrected chi connectivity index (χ3v) is 4.64. The van der Waals surface area contributed by atoms with Gasteiger partial charge in [0.1, 0.15) is 0 Å². The van der Waals surface area contributed by atoms with E-state index in [1.807, 2.05) is 36.4 Å². The van der Waals surface area contributed by atoms with Crippen LogP contribution in [-0.4, -0.2) is 26.0 Å². The molecule has 2 aromatic heterocycles. The monoisotopic (exact) mass is 397 g/mol. The van der Waals surface area contributed by atoms with Crippen molar-refractivity contribution in [3.05, 3.63) is 90.4 Å². The lowest BCUT2D eigenvalue weighted by molar-refractivity contribution is 0.100. The summed E-state index contributed by atoms with van der Waals surface area (Å²) in [7, 11) is 0. The van der Waals surface area contributed by atoms with Crippen molar-refractivity contribution in [2.24, 2.45) is 5.73 Å². The van der Waals surface area contributed by atoms with Gasteiger partial charge in [-0.2, -0.15) is 0 Å². The van der Waals surface area contributed by atoms with Gasteiger partial charge in [0, 0.05) is 41.0 Å². The Labute approximate surface area is 173 Å². The Hall–Kier alpha value is -4.10. The van der Waals surface area contributed by atoms with E-state index in [0.29, 0.717) is 28.3 Å². The van der Waals surface area contributed by atoms with Crippen LogP contribution in [-0.2, 0) is 6.61 Å². The van der Waals surface area contributed by atoms with Gasteiger partial charge >= 0.3 is 0 Å². The number of carbonyl (C=O) groups is 1. The molecule has 0 saturated carbocycles. The minimum Gasteiger partial charge on any atom is -0.392 e. The average molecular weight is 397 g/mol. The Kier molecular flexibility index (Phi) is 5.45. The van der Waals surface area contributed by atoms with Crippen LogP contribution in [0, 0.1) is 0 Å². The van der Waals surface area contributed by atoms with Crippen molar-refractivity contribution >= 4 is 17.5 Å². The van der Waals surface area contributed by atoms with E-state index in [2.05, 4.69) is 20.3 Å². The van der Waals surface area contributed by atoms with E-state index < -0.39 is 5.91 Å². The lowest BCUT2D eigenvalue weighted by Gasteiger charge is -2.14. The SMILES string of the molecule is NC(=O)c1ccccc1-c1ccc(CO)c(Nc2nccc(-c3cccnc3)n2)c1. The van der Waals surface area contributed by atoms with Crippen LogP contribution in [0.3, 0.4) is 0 Å². The molecule has 4 rings (SSSR count). The largest absolute Gasteiger partial charge is 0.392 e. The molecule has 1 amide bonds. The quantitative estimate of drug-likeness (QED) is 0.458. The fourth-order valence-corrected chi connectivity index (χ4v) is 3.16. The smallest absolute Gasteiger partial charge is 0.249 e. The third-order valence-electron chi connectivity index (χ3n) is 4.64. The molecule has 0 fully saturated rings. The van der Waals surface area contributed by atoms with Crippen LogP contribution in [0.2, 0.25) is 0 Å². The van der Waals surface area contributed by atoms with Gasteiger partial charge in [0.15, 0.2) is 0 Å². The number of anilines is 2. The van der Waals surface area contributed by atoms with Crippen LogP contribution in [0.1, 0.15) is 15.9 Å². The van der Waals surface area contributed by atoms with Crippen LogP contribution in [0.5, 0.6) is 0 Å². The first-order chi connectivity index (χ1) is 14.7. The minimum absolute atomic E-state index is 0.164. The van der Waals surface area contributed by atoms with Gasteiger partial charge in [-0.3, -0.25) is 9.78 Å². The van der Waals surface area contributed by atoms with E-state index in [9.17, 15) is 9.90 Å². The molecule has 0 aliphatic carbocycles. The second-order valence-corrected chi connectivity index (χ2v) is 6.57. The Balaban J connectivity index is 1.72. The second-order valence-electron chi connectivity index (χ2n) is 6.57. The van der Waals surface area contributed by atoms with Crippen molar-refractivity contribution in [3.63, 3.8) is 0 Å². The van der Waals surface area contributed by atoms with E-state index in [0.717, 1.165) is 16.8 Å². The maximum Gasteiger partial charge on any atom is 0.249 e. The number of nitrogens with zero attached hydrogens (tertiary/aromatic N) is 3. The van der Waals surface area contributed by atoms with E-state index in [-0.39, 0.29) is 6.61 Å². The number of carbonyl (C=O) groups excluding carboxylic acids is 1. The van der Waals surface area contributed by atoms with Gasteiger partial charge in [0.2, 0.25) is 11.9 Å². The number of amides is 1. The Bertz CT molecular complexity index is 1200. The topological polar surface area (TPSA) is 114 Å². The van der Waals surface area contributed by atoms with Gasteiger partial charge in [-0.15, -0.1) is 0 Å². The fraction of sp³-hybridized carbons (Fsp3) is 0.0435. The number of primary amides is 1. The number of nitrogens with one attached hydrogen (secondary N) is 1. The van der Waals surface area contributed by atoms with E-state index in [1.54, 1.807) is 42.9 Å². The molecule has 0 aliphatic rings. The highest BCUT2D eigenvalue weighted by Crippen LogP contribution is 2.30. The second kappa shape index (κ2) is 8.50. The van der Waals surface area contributed by atoms with Crippen LogP contribution in [0.4, 0.5) is 11.6 Å². The normalized spacial score (nSPS) is 10.6. The van der Waals surface area contributed by atoms with Crippen LogP contribution in [0.15, 0.2) is 79.3 Å². The number of hydrogen-bond acceptors (Lipinski definition) is 6. The zero-order chi connectivity index (χ0) is 20.9. The molecule has 30 heavy (non-hydrogen) atoms. The molecule has 0 spiro atoms. The predicted molar refractivity (Wildman–Crippen MR) is 115 cm³/mol.